The summed E-state index contributed by atoms with van der Waals surface area (Å²) in [7, 11) is 0. The van der Waals surface area contributed by atoms with Crippen molar-refractivity contribution in [2.75, 3.05) is 13.2 Å². The number of benzene rings is 2. The van der Waals surface area contributed by atoms with Gasteiger partial charge in [0, 0.05) is 12.6 Å². The molecule has 5 heteroatoms. The van der Waals surface area contributed by atoms with E-state index in [1.54, 1.807) is 4.90 Å². The third-order valence-electron chi connectivity index (χ3n) is 6.90. The molecule has 1 aliphatic carbocycles. The van der Waals surface area contributed by atoms with Crippen LogP contribution in [0, 0.1) is 0 Å². The zero-order valence-corrected chi connectivity index (χ0v) is 21.9. The molecule has 0 saturated heterocycles. The van der Waals surface area contributed by atoms with Gasteiger partial charge in [-0.05, 0) is 54.4 Å². The Balaban J connectivity index is 1.69. The quantitative estimate of drug-likeness (QED) is 0.479. The highest BCUT2D eigenvalue weighted by Gasteiger charge is 2.30. The average molecular weight is 479 g/mol. The van der Waals surface area contributed by atoms with Crippen LogP contribution in [0.1, 0.15) is 77.3 Å². The van der Waals surface area contributed by atoms with Crippen LogP contribution >= 0.6 is 0 Å². The van der Waals surface area contributed by atoms with Gasteiger partial charge in [0.15, 0.2) is 6.61 Å². The topological polar surface area (TPSA) is 58.6 Å². The van der Waals surface area contributed by atoms with Gasteiger partial charge in [-0.1, -0.05) is 89.4 Å². The Bertz CT molecular complexity index is 928. The lowest BCUT2D eigenvalue weighted by atomic mass is 9.87. The number of ether oxygens (including phenoxy) is 1. The second-order valence-corrected chi connectivity index (χ2v) is 10.7. The highest BCUT2D eigenvalue weighted by atomic mass is 16.5. The highest BCUT2D eigenvalue weighted by molar-refractivity contribution is 5.88. The number of carbonyl (C=O) groups is 2. The van der Waals surface area contributed by atoms with Crippen LogP contribution in [0.4, 0.5) is 0 Å². The highest BCUT2D eigenvalue weighted by Crippen LogP contribution is 2.24. The summed E-state index contributed by atoms with van der Waals surface area (Å²) < 4.78 is 5.87. The van der Waals surface area contributed by atoms with Crippen LogP contribution in [-0.4, -0.2) is 41.9 Å². The van der Waals surface area contributed by atoms with E-state index in [1.165, 1.54) is 12.0 Å². The fourth-order valence-corrected chi connectivity index (χ4v) is 4.72. The van der Waals surface area contributed by atoms with Crippen molar-refractivity contribution >= 4 is 11.8 Å². The second kappa shape index (κ2) is 12.8. The van der Waals surface area contributed by atoms with Gasteiger partial charge in [-0.2, -0.15) is 0 Å². The molecule has 35 heavy (non-hydrogen) atoms. The normalized spacial score (nSPS) is 15.3. The summed E-state index contributed by atoms with van der Waals surface area (Å²) in [5.74, 6) is 0.455. The lowest BCUT2D eigenvalue weighted by Gasteiger charge is -2.32. The minimum Gasteiger partial charge on any atom is -0.484 e. The van der Waals surface area contributed by atoms with Gasteiger partial charge in [0.25, 0.3) is 5.91 Å². The Morgan fingerprint density at radius 1 is 1.00 bits per heavy atom. The summed E-state index contributed by atoms with van der Waals surface area (Å²) in [6.07, 6.45) is 6.85. The fourth-order valence-electron chi connectivity index (χ4n) is 4.72. The molecule has 1 unspecified atom stereocenters. The van der Waals surface area contributed by atoms with Crippen LogP contribution in [0.2, 0.25) is 0 Å². The Kier molecular flexibility index (Phi) is 9.76. The van der Waals surface area contributed by atoms with E-state index < -0.39 is 6.04 Å². The Morgan fingerprint density at radius 2 is 1.66 bits per heavy atom. The minimum absolute atomic E-state index is 0.0460. The molecule has 0 aliphatic heterocycles. The number of rotatable bonds is 10. The van der Waals surface area contributed by atoms with Gasteiger partial charge in [0.1, 0.15) is 11.8 Å². The number of hydrogen-bond acceptors (Lipinski definition) is 3. The minimum atomic E-state index is -0.500. The molecule has 1 N–H and O–H groups in total. The van der Waals surface area contributed by atoms with Gasteiger partial charge in [0.2, 0.25) is 5.91 Å². The molecular weight excluding hydrogens is 436 g/mol. The first-order valence-corrected chi connectivity index (χ1v) is 13.1. The Hall–Kier alpha value is -2.82. The van der Waals surface area contributed by atoms with Crippen molar-refractivity contribution < 1.29 is 14.3 Å². The van der Waals surface area contributed by atoms with E-state index in [1.807, 2.05) is 49.4 Å². The van der Waals surface area contributed by atoms with Crippen LogP contribution in [-0.2, 0) is 21.4 Å². The van der Waals surface area contributed by atoms with Gasteiger partial charge < -0.3 is 15.0 Å². The van der Waals surface area contributed by atoms with Gasteiger partial charge in [-0.15, -0.1) is 0 Å². The van der Waals surface area contributed by atoms with E-state index in [0.717, 1.165) is 31.2 Å². The molecule has 5 nitrogen and oxygen atoms in total. The van der Waals surface area contributed by atoms with Crippen LogP contribution in [0.15, 0.2) is 54.6 Å². The van der Waals surface area contributed by atoms with Crippen molar-refractivity contribution in [3.63, 3.8) is 0 Å². The smallest absolute Gasteiger partial charge is 0.261 e. The van der Waals surface area contributed by atoms with E-state index in [9.17, 15) is 9.59 Å². The molecule has 1 aliphatic rings. The molecule has 1 fully saturated rings. The van der Waals surface area contributed by atoms with Crippen LogP contribution < -0.4 is 10.1 Å². The molecule has 0 bridgehead atoms. The zero-order valence-electron chi connectivity index (χ0n) is 21.9. The monoisotopic (exact) mass is 478 g/mol. The molecule has 2 amide bonds. The van der Waals surface area contributed by atoms with Crippen molar-refractivity contribution in [3.05, 3.63) is 65.7 Å². The van der Waals surface area contributed by atoms with Gasteiger partial charge in [-0.3, -0.25) is 9.59 Å². The van der Waals surface area contributed by atoms with Gasteiger partial charge >= 0.3 is 0 Å². The Morgan fingerprint density at radius 3 is 2.26 bits per heavy atom. The van der Waals surface area contributed by atoms with Crippen LogP contribution in [0.25, 0.3) is 0 Å². The van der Waals surface area contributed by atoms with Crippen molar-refractivity contribution in [1.29, 1.82) is 0 Å². The number of amides is 2. The third-order valence-corrected chi connectivity index (χ3v) is 6.90. The molecule has 2 aromatic rings. The summed E-state index contributed by atoms with van der Waals surface area (Å²) >= 11 is 0. The maximum Gasteiger partial charge on any atom is 0.261 e. The standard InChI is InChI=1S/C30H42N2O3/c1-5-27(29(34)31-25-14-10-7-11-15-25)32(21-20-23-12-8-6-9-13-23)28(33)22-35-26-18-16-24(17-19-26)30(2,3)4/h6,8-9,12-13,16-19,25,27H,5,7,10-11,14-15,20-22H2,1-4H3,(H,31,34). The van der Waals surface area contributed by atoms with E-state index in [2.05, 4.69) is 38.2 Å². The number of hydrogen-bond donors (Lipinski definition) is 1. The molecule has 1 saturated carbocycles. The predicted molar refractivity (Wildman–Crippen MR) is 142 cm³/mol. The van der Waals surface area contributed by atoms with Crippen molar-refractivity contribution in [2.24, 2.45) is 0 Å². The summed E-state index contributed by atoms with van der Waals surface area (Å²) in [6, 6.07) is 17.7. The maximum absolute atomic E-state index is 13.4. The van der Waals surface area contributed by atoms with E-state index >= 15 is 0 Å². The maximum atomic E-state index is 13.4. The lowest BCUT2D eigenvalue weighted by Crippen LogP contribution is -2.53. The number of nitrogens with zero attached hydrogens (tertiary/aromatic N) is 1. The number of nitrogens with one attached hydrogen (secondary N) is 1. The first kappa shape index (κ1) is 26.8. The van der Waals surface area contributed by atoms with Crippen molar-refractivity contribution in [1.82, 2.24) is 10.2 Å². The first-order valence-electron chi connectivity index (χ1n) is 13.1. The molecule has 0 spiro atoms. The predicted octanol–water partition coefficient (Wildman–Crippen LogP) is 5.66. The average Bonchev–Trinajstić information content (AvgIpc) is 2.86. The number of carbonyl (C=O) groups excluding carboxylic acids is 2. The van der Waals surface area contributed by atoms with E-state index in [-0.39, 0.29) is 29.9 Å². The van der Waals surface area contributed by atoms with Crippen molar-refractivity contribution in [3.8, 4) is 5.75 Å². The Labute approximate surface area is 211 Å². The van der Waals surface area contributed by atoms with Crippen LogP contribution in [0.3, 0.4) is 0 Å². The summed E-state index contributed by atoms with van der Waals surface area (Å²) in [5, 5.41) is 3.22. The summed E-state index contributed by atoms with van der Waals surface area (Å²) in [4.78, 5) is 28.4. The van der Waals surface area contributed by atoms with Gasteiger partial charge in [-0.25, -0.2) is 0 Å². The molecule has 0 aromatic heterocycles. The molecular formula is C30H42N2O3. The SMILES string of the molecule is CCC(C(=O)NC1CCCCC1)N(CCc1ccccc1)C(=O)COc1ccc(C(C)(C)C)cc1. The van der Waals surface area contributed by atoms with E-state index in [0.29, 0.717) is 25.1 Å². The molecule has 0 heterocycles. The zero-order chi connectivity index (χ0) is 25.3. The van der Waals surface area contributed by atoms with Crippen LogP contribution in [0.5, 0.6) is 5.75 Å². The van der Waals surface area contributed by atoms with E-state index in [4.69, 9.17) is 4.74 Å². The fraction of sp³-hybridized carbons (Fsp3) is 0.533. The third kappa shape index (κ3) is 8.12. The first-order chi connectivity index (χ1) is 16.8. The molecule has 0 radical (unpaired) electrons. The molecule has 2 aromatic carbocycles. The molecule has 3 rings (SSSR count). The second-order valence-electron chi connectivity index (χ2n) is 10.7. The summed E-state index contributed by atoms with van der Waals surface area (Å²) in [6.45, 7) is 8.86. The van der Waals surface area contributed by atoms with Crippen molar-refractivity contribution in [2.45, 2.75) is 90.1 Å². The summed E-state index contributed by atoms with van der Waals surface area (Å²) in [5.41, 5.74) is 2.42. The molecule has 190 valence electrons. The van der Waals surface area contributed by atoms with Gasteiger partial charge in [0.05, 0.1) is 0 Å². The largest absolute Gasteiger partial charge is 0.484 e. The lowest BCUT2D eigenvalue weighted by molar-refractivity contribution is -0.142. The molecule has 1 atom stereocenters.